The summed E-state index contributed by atoms with van der Waals surface area (Å²) >= 11 is 1.62. The van der Waals surface area contributed by atoms with Crippen molar-refractivity contribution in [3.05, 3.63) is 48.6 Å². The van der Waals surface area contributed by atoms with Crippen LogP contribution in [0.5, 0.6) is 0 Å². The molecule has 7 nitrogen and oxygen atoms in total. The third-order valence-electron chi connectivity index (χ3n) is 8.18. The lowest BCUT2D eigenvalue weighted by Crippen LogP contribution is -2.58. The number of aliphatic hydroxyl groups is 1. The van der Waals surface area contributed by atoms with Gasteiger partial charge in [-0.1, -0.05) is 50.3 Å². The molecule has 2 unspecified atom stereocenters. The molecule has 3 saturated heterocycles. The molecule has 4 rings (SSSR count). The zero-order chi connectivity index (χ0) is 26.3. The van der Waals surface area contributed by atoms with Gasteiger partial charge in [-0.2, -0.15) is 0 Å². The molecule has 0 aliphatic carbocycles. The van der Waals surface area contributed by atoms with E-state index in [1.165, 1.54) is 0 Å². The number of amides is 2. The highest BCUT2D eigenvalue weighted by atomic mass is 32.2. The van der Waals surface area contributed by atoms with Crippen LogP contribution in [0.3, 0.4) is 0 Å². The summed E-state index contributed by atoms with van der Waals surface area (Å²) in [5.41, 5.74) is 0.986. The van der Waals surface area contributed by atoms with Gasteiger partial charge in [-0.25, -0.2) is 0 Å². The fourth-order valence-electron chi connectivity index (χ4n) is 6.58. The molecule has 196 valence electrons. The minimum absolute atomic E-state index is 0.0646. The Labute approximate surface area is 218 Å². The maximum Gasteiger partial charge on any atom is 0.311 e. The van der Waals surface area contributed by atoms with Crippen LogP contribution in [0.2, 0.25) is 0 Å². The van der Waals surface area contributed by atoms with Crippen molar-refractivity contribution in [1.29, 1.82) is 0 Å². The largest absolute Gasteiger partial charge is 0.466 e. The van der Waals surface area contributed by atoms with Gasteiger partial charge in [-0.05, 0) is 38.2 Å². The van der Waals surface area contributed by atoms with Gasteiger partial charge in [0.25, 0.3) is 0 Å². The average molecular weight is 515 g/mol. The molecule has 3 fully saturated rings. The smallest absolute Gasteiger partial charge is 0.311 e. The van der Waals surface area contributed by atoms with E-state index in [-0.39, 0.29) is 36.9 Å². The number of aliphatic hydroxyl groups excluding tert-OH is 1. The second-order valence-corrected chi connectivity index (χ2v) is 12.6. The number of carbonyl (C=O) groups is 3. The zero-order valence-corrected chi connectivity index (χ0v) is 22.5. The van der Waals surface area contributed by atoms with E-state index in [2.05, 4.69) is 6.58 Å². The normalized spacial score (nSPS) is 31.4. The lowest BCUT2D eigenvalue weighted by Gasteiger charge is -2.40. The predicted molar refractivity (Wildman–Crippen MR) is 140 cm³/mol. The van der Waals surface area contributed by atoms with Crippen molar-refractivity contribution in [2.75, 3.05) is 19.8 Å². The lowest BCUT2D eigenvalue weighted by molar-refractivity contribution is -0.155. The van der Waals surface area contributed by atoms with Gasteiger partial charge in [0.1, 0.15) is 6.04 Å². The summed E-state index contributed by atoms with van der Waals surface area (Å²) in [6, 6.07) is 8.45. The molecule has 3 aliphatic rings. The minimum Gasteiger partial charge on any atom is -0.466 e. The molecule has 36 heavy (non-hydrogen) atoms. The molecule has 1 N–H and O–H groups in total. The second kappa shape index (κ2) is 10.2. The van der Waals surface area contributed by atoms with Crippen LogP contribution >= 0.6 is 11.8 Å². The maximum absolute atomic E-state index is 14.4. The summed E-state index contributed by atoms with van der Waals surface area (Å²) in [7, 11) is 0. The molecule has 1 aromatic rings. The van der Waals surface area contributed by atoms with Gasteiger partial charge in [-0.3, -0.25) is 14.4 Å². The first-order chi connectivity index (χ1) is 17.1. The maximum atomic E-state index is 14.4. The number of nitrogens with zero attached hydrogens (tertiary/aromatic N) is 2. The number of hydrogen-bond acceptors (Lipinski definition) is 6. The Morgan fingerprint density at radius 2 is 2.00 bits per heavy atom. The molecular weight excluding hydrogens is 476 g/mol. The van der Waals surface area contributed by atoms with E-state index in [9.17, 15) is 19.5 Å². The summed E-state index contributed by atoms with van der Waals surface area (Å²) in [6.07, 6.45) is 3.09. The number of rotatable bonds is 10. The summed E-state index contributed by atoms with van der Waals surface area (Å²) in [5.74, 6) is -2.06. The molecule has 8 heteroatoms. The van der Waals surface area contributed by atoms with Gasteiger partial charge >= 0.3 is 5.97 Å². The van der Waals surface area contributed by atoms with Crippen LogP contribution in [0.1, 0.15) is 46.1 Å². The fraction of sp³-hybridized carbons (Fsp3) is 0.607. The van der Waals surface area contributed by atoms with Crippen molar-refractivity contribution in [3.63, 3.8) is 0 Å². The van der Waals surface area contributed by atoms with Crippen LogP contribution < -0.4 is 0 Å². The number of fused-ring (bicyclic) bond motifs is 1. The van der Waals surface area contributed by atoms with Crippen molar-refractivity contribution >= 4 is 29.5 Å². The number of benzene rings is 1. The van der Waals surface area contributed by atoms with Crippen molar-refractivity contribution in [3.8, 4) is 0 Å². The first-order valence-electron chi connectivity index (χ1n) is 12.9. The van der Waals surface area contributed by atoms with Crippen LogP contribution in [0, 0.1) is 17.8 Å². The number of carbonyl (C=O) groups excluding carboxylic acids is 3. The van der Waals surface area contributed by atoms with Crippen molar-refractivity contribution in [2.45, 2.75) is 68.7 Å². The van der Waals surface area contributed by atoms with Gasteiger partial charge in [0.15, 0.2) is 0 Å². The van der Waals surface area contributed by atoms with E-state index in [1.807, 2.05) is 51.1 Å². The zero-order valence-electron chi connectivity index (χ0n) is 21.7. The van der Waals surface area contributed by atoms with Crippen LogP contribution in [-0.2, 0) is 25.7 Å². The number of esters is 1. The van der Waals surface area contributed by atoms with Crippen LogP contribution in [0.4, 0.5) is 0 Å². The number of hydrogen-bond donors (Lipinski definition) is 1. The predicted octanol–water partition coefficient (Wildman–Crippen LogP) is 3.26. The van der Waals surface area contributed by atoms with E-state index < -0.39 is 33.4 Å². The Morgan fingerprint density at radius 1 is 1.31 bits per heavy atom. The molecule has 2 amide bonds. The van der Waals surface area contributed by atoms with E-state index in [1.54, 1.807) is 34.6 Å². The van der Waals surface area contributed by atoms with E-state index in [0.29, 0.717) is 19.5 Å². The van der Waals surface area contributed by atoms with Gasteiger partial charge in [0.05, 0.1) is 35.8 Å². The lowest BCUT2D eigenvalue weighted by atomic mass is 9.66. The topological polar surface area (TPSA) is 87.2 Å². The van der Waals surface area contributed by atoms with Crippen LogP contribution in [0.15, 0.2) is 43.0 Å². The average Bonchev–Trinajstić information content (AvgIpc) is 3.41. The molecule has 1 spiro atoms. The van der Waals surface area contributed by atoms with Crippen molar-refractivity contribution in [1.82, 2.24) is 9.80 Å². The first kappa shape index (κ1) is 26.7. The Kier molecular flexibility index (Phi) is 7.58. The molecular formula is C28H38N2O5S. The van der Waals surface area contributed by atoms with E-state index >= 15 is 0 Å². The third-order valence-corrected chi connectivity index (χ3v) is 10.2. The minimum atomic E-state index is -0.774. The SMILES string of the molecule is C=CCN(Cc1ccccc1)C(=O)C1N([C@@H](CO)C(C)C)C(=O)[C@@H]2[C@@H](C(=O)OCC)[C@@]3(C)CCC12S3. The Morgan fingerprint density at radius 3 is 2.58 bits per heavy atom. The van der Waals surface area contributed by atoms with Gasteiger partial charge < -0.3 is 19.6 Å². The Hall–Kier alpha value is -2.32. The molecule has 0 radical (unpaired) electrons. The summed E-state index contributed by atoms with van der Waals surface area (Å²) in [5, 5.41) is 10.4. The molecule has 0 aromatic heterocycles. The third kappa shape index (κ3) is 4.16. The standard InChI is InChI=1S/C28H38N2O5S/c1-6-15-29(16-19-11-9-8-10-12-19)25(33)23-28-14-13-27(5,36-28)22(26(34)35-7-2)21(28)24(32)30(23)20(17-31)18(3)4/h6,8-12,18,20-23,31H,1,7,13-17H2,2-5H3/t20-,21-,22-,23?,27+,28?/m0/s1. The summed E-state index contributed by atoms with van der Waals surface area (Å²) < 4.78 is 4.24. The van der Waals surface area contributed by atoms with Gasteiger partial charge in [0, 0.05) is 17.8 Å². The number of thioether (sulfide) groups is 1. The van der Waals surface area contributed by atoms with E-state index in [4.69, 9.17) is 4.74 Å². The van der Waals surface area contributed by atoms with Crippen molar-refractivity contribution in [2.24, 2.45) is 17.8 Å². The summed E-state index contributed by atoms with van der Waals surface area (Å²) in [6.45, 7) is 12.3. The molecule has 6 atom stereocenters. The van der Waals surface area contributed by atoms with E-state index in [0.717, 1.165) is 12.0 Å². The monoisotopic (exact) mass is 514 g/mol. The quantitative estimate of drug-likeness (QED) is 0.381. The highest BCUT2D eigenvalue weighted by molar-refractivity contribution is 8.02. The Bertz CT molecular complexity index is 1020. The van der Waals surface area contributed by atoms with Crippen LogP contribution in [-0.4, -0.2) is 74.0 Å². The highest BCUT2D eigenvalue weighted by Crippen LogP contribution is 2.71. The molecule has 2 bridgehead atoms. The number of likely N-dealkylation sites (tertiary alicyclic amines) is 1. The molecule has 3 aliphatic heterocycles. The molecule has 1 aromatic carbocycles. The van der Waals surface area contributed by atoms with Crippen molar-refractivity contribution < 1.29 is 24.2 Å². The first-order valence-corrected chi connectivity index (χ1v) is 13.7. The molecule has 0 saturated carbocycles. The van der Waals surface area contributed by atoms with Crippen LogP contribution in [0.25, 0.3) is 0 Å². The van der Waals surface area contributed by atoms with Gasteiger partial charge in [0.2, 0.25) is 11.8 Å². The summed E-state index contributed by atoms with van der Waals surface area (Å²) in [4.78, 5) is 45.2. The fourth-order valence-corrected chi connectivity index (χ4v) is 8.90. The highest BCUT2D eigenvalue weighted by Gasteiger charge is 2.78. The molecule has 3 heterocycles. The second-order valence-electron chi connectivity index (χ2n) is 10.7. The van der Waals surface area contributed by atoms with Gasteiger partial charge in [-0.15, -0.1) is 18.3 Å². The Balaban J connectivity index is 1.80. The number of ether oxygens (including phenoxy) is 1.